The lowest BCUT2D eigenvalue weighted by Gasteiger charge is -2.39. The normalized spacial score (nSPS) is 29.3. The van der Waals surface area contributed by atoms with Crippen LogP contribution in [0.2, 0.25) is 0 Å². The van der Waals surface area contributed by atoms with Crippen LogP contribution in [0.3, 0.4) is 0 Å². The molecule has 1 aliphatic carbocycles. The lowest BCUT2D eigenvalue weighted by molar-refractivity contribution is -0.201. The summed E-state index contributed by atoms with van der Waals surface area (Å²) in [6, 6.07) is 0. The molecule has 2 aliphatic rings. The fourth-order valence-corrected chi connectivity index (χ4v) is 3.88. The average molecular weight is 335 g/mol. The minimum absolute atomic E-state index is 0.0379. The summed E-state index contributed by atoms with van der Waals surface area (Å²) in [7, 11) is 0. The predicted octanol–water partition coefficient (Wildman–Crippen LogP) is 3.46. The molecule has 23 heavy (non-hydrogen) atoms. The van der Waals surface area contributed by atoms with Gasteiger partial charge in [0.1, 0.15) is 0 Å². The van der Waals surface area contributed by atoms with Crippen molar-refractivity contribution in [2.24, 2.45) is 17.8 Å². The Labute approximate surface area is 134 Å². The summed E-state index contributed by atoms with van der Waals surface area (Å²) in [6.07, 6.45) is -0.694. The highest BCUT2D eigenvalue weighted by Crippen LogP contribution is 2.42. The number of piperidine rings is 1. The fourth-order valence-electron chi connectivity index (χ4n) is 3.88. The first kappa shape index (κ1) is 18.1. The predicted molar refractivity (Wildman–Crippen MR) is 77.7 cm³/mol. The van der Waals surface area contributed by atoms with E-state index in [2.05, 4.69) is 0 Å². The minimum Gasteiger partial charge on any atom is -0.481 e. The van der Waals surface area contributed by atoms with Crippen molar-refractivity contribution in [1.82, 2.24) is 4.90 Å². The number of rotatable bonds is 4. The van der Waals surface area contributed by atoms with Crippen molar-refractivity contribution in [2.45, 2.75) is 57.5 Å². The summed E-state index contributed by atoms with van der Waals surface area (Å²) >= 11 is 0. The van der Waals surface area contributed by atoms with E-state index in [-0.39, 0.29) is 24.7 Å². The molecule has 7 heteroatoms. The summed E-state index contributed by atoms with van der Waals surface area (Å²) in [5, 5.41) is 8.74. The average Bonchev–Trinajstić information content (AvgIpc) is 2.51. The molecule has 0 aromatic carbocycles. The molecule has 0 aromatic rings. The van der Waals surface area contributed by atoms with E-state index in [9.17, 15) is 22.8 Å². The molecule has 1 amide bonds. The standard InChI is InChI=1S/C16H24F3NO3/c17-16(18,19)13-6-2-1-5-12(13)15(23)20-9-3-4-11(10-20)7-8-14(21)22/h11-13H,1-10H2,(H,21,22)/t11-,12-,13-/m0/s1. The zero-order chi connectivity index (χ0) is 17.0. The monoisotopic (exact) mass is 335 g/mol. The molecule has 132 valence electrons. The lowest BCUT2D eigenvalue weighted by Crippen LogP contribution is -2.48. The largest absolute Gasteiger partial charge is 0.481 e. The molecule has 1 saturated heterocycles. The summed E-state index contributed by atoms with van der Waals surface area (Å²) < 4.78 is 39.5. The van der Waals surface area contributed by atoms with E-state index in [0.29, 0.717) is 38.8 Å². The number of hydrogen-bond acceptors (Lipinski definition) is 2. The van der Waals surface area contributed by atoms with Crippen molar-refractivity contribution >= 4 is 11.9 Å². The molecular formula is C16H24F3NO3. The first-order valence-corrected chi connectivity index (χ1v) is 8.36. The van der Waals surface area contributed by atoms with E-state index < -0.39 is 24.0 Å². The van der Waals surface area contributed by atoms with Crippen LogP contribution in [0.4, 0.5) is 13.2 Å². The van der Waals surface area contributed by atoms with Gasteiger partial charge in [0.15, 0.2) is 0 Å². The van der Waals surface area contributed by atoms with Gasteiger partial charge in [-0.05, 0) is 38.0 Å². The number of carboxylic acids is 1. The molecule has 1 saturated carbocycles. The SMILES string of the molecule is O=C(O)CC[C@@H]1CCCN(C(=O)[C@H]2CCCC[C@@H]2C(F)(F)F)C1. The highest BCUT2D eigenvalue weighted by Gasteiger charge is 2.49. The number of alkyl halides is 3. The molecule has 0 bridgehead atoms. The van der Waals surface area contributed by atoms with Gasteiger partial charge in [-0.2, -0.15) is 13.2 Å². The van der Waals surface area contributed by atoms with Crippen LogP contribution < -0.4 is 0 Å². The second-order valence-electron chi connectivity index (χ2n) is 6.76. The van der Waals surface area contributed by atoms with Crippen LogP contribution in [0.5, 0.6) is 0 Å². The van der Waals surface area contributed by atoms with Crippen LogP contribution in [0, 0.1) is 17.8 Å². The van der Waals surface area contributed by atoms with E-state index >= 15 is 0 Å². The number of halogens is 3. The Kier molecular flexibility index (Phi) is 5.92. The molecular weight excluding hydrogens is 311 g/mol. The van der Waals surface area contributed by atoms with Gasteiger partial charge >= 0.3 is 12.1 Å². The third kappa shape index (κ3) is 4.85. The maximum atomic E-state index is 13.2. The Hall–Kier alpha value is -1.27. The maximum absolute atomic E-state index is 13.2. The van der Waals surface area contributed by atoms with Gasteiger partial charge in [0, 0.05) is 25.4 Å². The topological polar surface area (TPSA) is 57.6 Å². The molecule has 0 spiro atoms. The fraction of sp³-hybridized carbons (Fsp3) is 0.875. The quantitative estimate of drug-likeness (QED) is 0.856. The number of carbonyl (C=O) groups excluding carboxylic acids is 1. The Bertz CT molecular complexity index is 439. The van der Waals surface area contributed by atoms with Crippen LogP contribution in [0.25, 0.3) is 0 Å². The van der Waals surface area contributed by atoms with Crippen molar-refractivity contribution < 1.29 is 27.9 Å². The van der Waals surface area contributed by atoms with E-state index in [1.807, 2.05) is 0 Å². The Morgan fingerprint density at radius 1 is 1.09 bits per heavy atom. The van der Waals surface area contributed by atoms with E-state index in [1.54, 1.807) is 4.90 Å². The van der Waals surface area contributed by atoms with Gasteiger partial charge < -0.3 is 10.0 Å². The molecule has 0 unspecified atom stereocenters. The van der Waals surface area contributed by atoms with Gasteiger partial charge in [-0.1, -0.05) is 12.8 Å². The molecule has 1 N–H and O–H groups in total. The number of carbonyl (C=O) groups is 2. The second-order valence-corrected chi connectivity index (χ2v) is 6.76. The van der Waals surface area contributed by atoms with Gasteiger partial charge in [0.25, 0.3) is 0 Å². The summed E-state index contributed by atoms with van der Waals surface area (Å²) in [6.45, 7) is 0.886. The molecule has 1 heterocycles. The van der Waals surface area contributed by atoms with Crippen LogP contribution in [-0.4, -0.2) is 41.1 Å². The summed E-state index contributed by atoms with van der Waals surface area (Å²) in [4.78, 5) is 24.8. The van der Waals surface area contributed by atoms with E-state index in [4.69, 9.17) is 5.11 Å². The highest BCUT2D eigenvalue weighted by molar-refractivity contribution is 5.79. The van der Waals surface area contributed by atoms with Crippen molar-refractivity contribution in [3.8, 4) is 0 Å². The van der Waals surface area contributed by atoms with Crippen molar-refractivity contribution in [3.05, 3.63) is 0 Å². The Balaban J connectivity index is 1.98. The van der Waals surface area contributed by atoms with Gasteiger partial charge in [-0.15, -0.1) is 0 Å². The maximum Gasteiger partial charge on any atom is 0.392 e. The molecule has 0 aromatic heterocycles. The zero-order valence-corrected chi connectivity index (χ0v) is 13.1. The number of hydrogen-bond donors (Lipinski definition) is 1. The molecule has 2 fully saturated rings. The Morgan fingerprint density at radius 3 is 2.43 bits per heavy atom. The van der Waals surface area contributed by atoms with Crippen LogP contribution in [-0.2, 0) is 9.59 Å². The van der Waals surface area contributed by atoms with E-state index in [1.165, 1.54) is 0 Å². The Morgan fingerprint density at radius 2 is 1.78 bits per heavy atom. The first-order valence-electron chi connectivity index (χ1n) is 8.36. The number of amides is 1. The van der Waals surface area contributed by atoms with Crippen molar-refractivity contribution in [3.63, 3.8) is 0 Å². The molecule has 4 nitrogen and oxygen atoms in total. The number of nitrogens with zero attached hydrogens (tertiary/aromatic N) is 1. The van der Waals surface area contributed by atoms with Gasteiger partial charge in [0.2, 0.25) is 5.91 Å². The minimum atomic E-state index is -4.32. The zero-order valence-electron chi connectivity index (χ0n) is 13.1. The van der Waals surface area contributed by atoms with Crippen molar-refractivity contribution in [2.75, 3.05) is 13.1 Å². The van der Waals surface area contributed by atoms with Gasteiger partial charge in [-0.3, -0.25) is 9.59 Å². The van der Waals surface area contributed by atoms with Gasteiger partial charge in [-0.25, -0.2) is 0 Å². The third-order valence-corrected chi connectivity index (χ3v) is 5.10. The summed E-state index contributed by atoms with van der Waals surface area (Å²) in [5.41, 5.74) is 0. The van der Waals surface area contributed by atoms with Crippen molar-refractivity contribution in [1.29, 1.82) is 0 Å². The van der Waals surface area contributed by atoms with E-state index in [0.717, 1.165) is 12.8 Å². The van der Waals surface area contributed by atoms with Crippen LogP contribution >= 0.6 is 0 Å². The van der Waals surface area contributed by atoms with Gasteiger partial charge in [0.05, 0.1) is 5.92 Å². The second kappa shape index (κ2) is 7.53. The highest BCUT2D eigenvalue weighted by atomic mass is 19.4. The van der Waals surface area contributed by atoms with Crippen LogP contribution in [0.1, 0.15) is 51.4 Å². The molecule has 1 aliphatic heterocycles. The molecule has 3 atom stereocenters. The number of likely N-dealkylation sites (tertiary alicyclic amines) is 1. The third-order valence-electron chi connectivity index (χ3n) is 5.10. The lowest BCUT2D eigenvalue weighted by atomic mass is 9.77. The van der Waals surface area contributed by atoms with Crippen LogP contribution in [0.15, 0.2) is 0 Å². The summed E-state index contributed by atoms with van der Waals surface area (Å²) in [5.74, 6) is -3.66. The smallest absolute Gasteiger partial charge is 0.392 e. The number of aliphatic carboxylic acids is 1. The number of carboxylic acid groups (broad SMARTS) is 1. The molecule has 0 radical (unpaired) electrons. The molecule has 2 rings (SSSR count). The first-order chi connectivity index (χ1) is 10.8.